The van der Waals surface area contributed by atoms with Gasteiger partial charge >= 0.3 is 5.97 Å². The van der Waals surface area contributed by atoms with E-state index in [4.69, 9.17) is 9.47 Å². The van der Waals surface area contributed by atoms with Crippen LogP contribution in [-0.2, 0) is 9.47 Å². The van der Waals surface area contributed by atoms with Crippen molar-refractivity contribution in [2.24, 2.45) is 0 Å². The largest absolute Gasteiger partial charge is 0.476 e. The molecule has 0 amide bonds. The Labute approximate surface area is 123 Å². The lowest BCUT2D eigenvalue weighted by atomic mass is 10.2. The number of ether oxygens (including phenoxy) is 2. The van der Waals surface area contributed by atoms with Gasteiger partial charge in [-0.3, -0.25) is 0 Å². The molecule has 2 unspecified atom stereocenters. The van der Waals surface area contributed by atoms with Crippen molar-refractivity contribution in [3.63, 3.8) is 0 Å². The molecule has 7 heteroatoms. The molecule has 0 spiro atoms. The number of anilines is 1. The summed E-state index contributed by atoms with van der Waals surface area (Å²) in [5.74, 6) is -0.444. The van der Waals surface area contributed by atoms with Gasteiger partial charge in [0.2, 0.25) is 0 Å². The molecule has 2 atom stereocenters. The number of aromatic nitrogens is 2. The molecule has 7 nitrogen and oxygen atoms in total. The Balaban J connectivity index is 2.33. The fourth-order valence-corrected chi connectivity index (χ4v) is 2.45. The van der Waals surface area contributed by atoms with Crippen LogP contribution in [0.2, 0.25) is 0 Å². The van der Waals surface area contributed by atoms with E-state index in [2.05, 4.69) is 9.97 Å². The van der Waals surface area contributed by atoms with Crippen molar-refractivity contribution in [1.82, 2.24) is 9.97 Å². The molecule has 116 valence electrons. The van der Waals surface area contributed by atoms with Crippen molar-refractivity contribution < 1.29 is 19.4 Å². The molecule has 2 rings (SSSR count). The Bertz CT molecular complexity index is 509. The zero-order valence-electron chi connectivity index (χ0n) is 12.7. The number of hydrogen-bond donors (Lipinski definition) is 1. The minimum absolute atomic E-state index is 0.0281. The van der Waals surface area contributed by atoms with Gasteiger partial charge in [-0.1, -0.05) is 13.8 Å². The zero-order valence-corrected chi connectivity index (χ0v) is 12.7. The van der Waals surface area contributed by atoms with Gasteiger partial charge in [-0.25, -0.2) is 14.8 Å². The number of carboxylic acid groups (broad SMARTS) is 1. The van der Waals surface area contributed by atoms with E-state index in [0.29, 0.717) is 24.6 Å². The van der Waals surface area contributed by atoms with E-state index in [1.807, 2.05) is 18.7 Å². The third-order valence-corrected chi connectivity index (χ3v) is 3.67. The first-order chi connectivity index (χ1) is 9.97. The summed E-state index contributed by atoms with van der Waals surface area (Å²) in [5, 5.41) is 9.40. The molecular weight excluding hydrogens is 274 g/mol. The third kappa shape index (κ3) is 3.14. The minimum Gasteiger partial charge on any atom is -0.476 e. The molecule has 1 aromatic rings. The third-order valence-electron chi connectivity index (χ3n) is 3.67. The maximum atomic E-state index is 11.5. The summed E-state index contributed by atoms with van der Waals surface area (Å²) in [6, 6.07) is 0. The normalized spacial score (nSPS) is 22.0. The Morgan fingerprint density at radius 1 is 1.33 bits per heavy atom. The summed E-state index contributed by atoms with van der Waals surface area (Å²) >= 11 is 0. The number of carboxylic acids is 1. The van der Waals surface area contributed by atoms with Crippen molar-refractivity contribution in [3.8, 4) is 0 Å². The molecule has 1 aliphatic rings. The van der Waals surface area contributed by atoms with E-state index in [9.17, 15) is 9.90 Å². The van der Waals surface area contributed by atoms with Crippen LogP contribution in [0.3, 0.4) is 0 Å². The summed E-state index contributed by atoms with van der Waals surface area (Å²) in [5.41, 5.74) is 0.536. The topological polar surface area (TPSA) is 84.8 Å². The standard InChI is InChI=1S/C14H21N3O4/c1-8(2)13-15-5-9(12(16-13)14(18)19)17-6-10(20-3)11(7-17)21-4/h5,8,10-11H,6-7H2,1-4H3,(H,18,19). The van der Waals surface area contributed by atoms with Crippen molar-refractivity contribution in [2.75, 3.05) is 32.2 Å². The molecule has 1 aliphatic heterocycles. The Morgan fingerprint density at radius 2 is 1.90 bits per heavy atom. The fourth-order valence-electron chi connectivity index (χ4n) is 2.45. The van der Waals surface area contributed by atoms with Gasteiger partial charge in [-0.2, -0.15) is 0 Å². The van der Waals surface area contributed by atoms with Crippen LogP contribution in [-0.4, -0.2) is 60.6 Å². The van der Waals surface area contributed by atoms with Gasteiger partial charge in [-0.05, 0) is 0 Å². The zero-order chi connectivity index (χ0) is 15.6. The predicted molar refractivity (Wildman–Crippen MR) is 76.9 cm³/mol. The molecule has 0 aliphatic carbocycles. The molecule has 1 aromatic heterocycles. The molecule has 0 aromatic carbocycles. The maximum Gasteiger partial charge on any atom is 0.356 e. The number of aromatic carboxylic acids is 1. The monoisotopic (exact) mass is 295 g/mol. The van der Waals surface area contributed by atoms with Crippen LogP contribution in [0.25, 0.3) is 0 Å². The van der Waals surface area contributed by atoms with Crippen molar-refractivity contribution in [2.45, 2.75) is 32.0 Å². The number of rotatable bonds is 5. The summed E-state index contributed by atoms with van der Waals surface area (Å²) in [6.07, 6.45) is 1.39. The van der Waals surface area contributed by atoms with Gasteiger partial charge in [0.05, 0.1) is 11.9 Å². The van der Waals surface area contributed by atoms with Crippen LogP contribution < -0.4 is 4.90 Å². The summed E-state index contributed by atoms with van der Waals surface area (Å²) in [4.78, 5) is 21.8. The fraction of sp³-hybridized carbons (Fsp3) is 0.643. The predicted octanol–water partition coefficient (Wildman–Crippen LogP) is 1.15. The molecule has 1 N–H and O–H groups in total. The van der Waals surface area contributed by atoms with Gasteiger partial charge in [0, 0.05) is 33.2 Å². The highest BCUT2D eigenvalue weighted by atomic mass is 16.5. The van der Waals surface area contributed by atoms with E-state index in [0.717, 1.165) is 0 Å². The van der Waals surface area contributed by atoms with Gasteiger partial charge in [-0.15, -0.1) is 0 Å². The van der Waals surface area contributed by atoms with E-state index in [1.54, 1.807) is 20.4 Å². The minimum atomic E-state index is -1.05. The van der Waals surface area contributed by atoms with E-state index in [-0.39, 0.29) is 23.8 Å². The van der Waals surface area contributed by atoms with E-state index in [1.165, 1.54) is 0 Å². The van der Waals surface area contributed by atoms with Crippen LogP contribution in [0.1, 0.15) is 36.1 Å². The van der Waals surface area contributed by atoms with Gasteiger partial charge in [0.15, 0.2) is 5.69 Å². The van der Waals surface area contributed by atoms with Crippen LogP contribution in [0.15, 0.2) is 6.20 Å². The van der Waals surface area contributed by atoms with Gasteiger partial charge < -0.3 is 19.5 Å². The number of carbonyl (C=O) groups is 1. The van der Waals surface area contributed by atoms with Crippen LogP contribution in [0, 0.1) is 0 Å². The SMILES string of the molecule is COC1CN(c2cnc(C(C)C)nc2C(=O)O)CC1OC. The van der Waals surface area contributed by atoms with Crippen LogP contribution >= 0.6 is 0 Å². The highest BCUT2D eigenvalue weighted by molar-refractivity contribution is 5.92. The number of hydrogen-bond acceptors (Lipinski definition) is 6. The first-order valence-corrected chi connectivity index (χ1v) is 6.88. The first kappa shape index (κ1) is 15.7. The molecule has 1 fully saturated rings. The van der Waals surface area contributed by atoms with Crippen LogP contribution in [0.4, 0.5) is 5.69 Å². The molecule has 0 radical (unpaired) electrons. The molecule has 1 saturated heterocycles. The molecule has 0 saturated carbocycles. The van der Waals surface area contributed by atoms with E-state index >= 15 is 0 Å². The van der Waals surface area contributed by atoms with Crippen molar-refractivity contribution >= 4 is 11.7 Å². The van der Waals surface area contributed by atoms with Gasteiger partial charge in [0.1, 0.15) is 18.0 Å². The molecule has 21 heavy (non-hydrogen) atoms. The lowest BCUT2D eigenvalue weighted by Crippen LogP contribution is -2.27. The quantitative estimate of drug-likeness (QED) is 0.872. The van der Waals surface area contributed by atoms with E-state index < -0.39 is 5.97 Å². The molecular formula is C14H21N3O4. The maximum absolute atomic E-state index is 11.5. The second-order valence-electron chi connectivity index (χ2n) is 5.38. The Kier molecular flexibility index (Phi) is 4.74. The smallest absolute Gasteiger partial charge is 0.356 e. The van der Waals surface area contributed by atoms with Gasteiger partial charge in [0.25, 0.3) is 0 Å². The lowest BCUT2D eigenvalue weighted by Gasteiger charge is -2.20. The van der Waals surface area contributed by atoms with Crippen molar-refractivity contribution in [1.29, 1.82) is 0 Å². The highest BCUT2D eigenvalue weighted by Gasteiger charge is 2.35. The highest BCUT2D eigenvalue weighted by Crippen LogP contribution is 2.26. The Hall–Kier alpha value is -1.73. The van der Waals surface area contributed by atoms with Crippen LogP contribution in [0.5, 0.6) is 0 Å². The summed E-state index contributed by atoms with van der Waals surface area (Å²) in [6.45, 7) is 4.97. The lowest BCUT2D eigenvalue weighted by molar-refractivity contribution is -0.00461. The van der Waals surface area contributed by atoms with Crippen molar-refractivity contribution in [3.05, 3.63) is 17.7 Å². The average molecular weight is 295 g/mol. The second-order valence-corrected chi connectivity index (χ2v) is 5.38. The number of nitrogens with zero attached hydrogens (tertiary/aromatic N) is 3. The summed E-state index contributed by atoms with van der Waals surface area (Å²) < 4.78 is 10.7. The Morgan fingerprint density at radius 3 is 2.33 bits per heavy atom. The first-order valence-electron chi connectivity index (χ1n) is 6.88. The average Bonchev–Trinajstić information content (AvgIpc) is 2.89. The second kappa shape index (κ2) is 6.36. The summed E-state index contributed by atoms with van der Waals surface area (Å²) in [7, 11) is 3.24. The molecule has 2 heterocycles. The number of methoxy groups -OCH3 is 2. The molecule has 0 bridgehead atoms.